The minimum Gasteiger partial charge on any atom is -0.480 e. The molecule has 0 saturated heterocycles. The number of nitrogens with one attached hydrogen (secondary N) is 3. The number of carbonyl (C=O) groups is 7. The molecule has 0 aliphatic heterocycles. The molecule has 12 N–H and O–H groups in total. The number of aliphatic carboxylic acids is 1. The van der Waals surface area contributed by atoms with E-state index in [1.807, 2.05) is 5.32 Å². The third-order valence-electron chi connectivity index (χ3n) is 3.80. The molecule has 0 aromatic rings. The maximum atomic E-state index is 12.5. The molecule has 0 heterocycles. The molecule has 0 rings (SSSR count). The van der Waals surface area contributed by atoms with E-state index in [-0.39, 0.29) is 25.7 Å². The summed E-state index contributed by atoms with van der Waals surface area (Å²) in [6.07, 6.45) is -1.57. The van der Waals surface area contributed by atoms with Crippen molar-refractivity contribution in [1.82, 2.24) is 16.0 Å². The average molecular weight is 445 g/mol. The summed E-state index contributed by atoms with van der Waals surface area (Å²) >= 11 is 0. The molecule has 0 aromatic carbocycles. The molecule has 3 atom stereocenters. The molecular formula is C16H27N7O8. The van der Waals surface area contributed by atoms with E-state index in [4.69, 9.17) is 28.0 Å². The van der Waals surface area contributed by atoms with Crippen molar-refractivity contribution in [3.8, 4) is 0 Å². The fourth-order valence-corrected chi connectivity index (χ4v) is 2.23. The van der Waals surface area contributed by atoms with Gasteiger partial charge in [0.05, 0.1) is 12.5 Å². The Hall–Kier alpha value is -3.75. The van der Waals surface area contributed by atoms with Gasteiger partial charge >= 0.3 is 5.97 Å². The SMILES string of the molecule is NC(=O)CCC(N)C(=O)NC(CC(N)=O)C(=O)NC(CCC(N)=O)C(=O)NCC(=O)O. The smallest absolute Gasteiger partial charge is 0.322 e. The zero-order valence-electron chi connectivity index (χ0n) is 16.6. The predicted octanol–water partition coefficient (Wildman–Crippen LogP) is -5.11. The van der Waals surface area contributed by atoms with Gasteiger partial charge in [0.1, 0.15) is 18.6 Å². The van der Waals surface area contributed by atoms with Crippen LogP contribution in [0.4, 0.5) is 0 Å². The lowest BCUT2D eigenvalue weighted by Gasteiger charge is -2.23. The van der Waals surface area contributed by atoms with Gasteiger partial charge in [-0.15, -0.1) is 0 Å². The van der Waals surface area contributed by atoms with Crippen LogP contribution in [0.3, 0.4) is 0 Å². The van der Waals surface area contributed by atoms with Crippen LogP contribution in [0, 0.1) is 0 Å². The first-order valence-electron chi connectivity index (χ1n) is 9.04. The highest BCUT2D eigenvalue weighted by molar-refractivity contribution is 5.96. The third kappa shape index (κ3) is 12.4. The molecule has 0 aliphatic rings. The monoisotopic (exact) mass is 445 g/mol. The minimum absolute atomic E-state index is 0.120. The number of carboxylic acids is 1. The minimum atomic E-state index is -1.53. The highest BCUT2D eigenvalue weighted by Gasteiger charge is 2.29. The second-order valence-electron chi connectivity index (χ2n) is 6.52. The molecule has 0 spiro atoms. The van der Waals surface area contributed by atoms with Crippen LogP contribution in [-0.2, 0) is 33.6 Å². The maximum absolute atomic E-state index is 12.5. The standard InChI is InChI=1S/C16H27N7O8/c17-7(1-3-10(18)24)14(29)23-9(5-12(20)26)16(31)22-8(2-4-11(19)25)15(30)21-6-13(27)28/h7-9H,1-6,17H2,(H2,18,24)(H2,19,25)(H2,20,26)(H,21,30)(H,22,31)(H,23,29)(H,27,28). The van der Waals surface area contributed by atoms with Crippen LogP contribution in [0.5, 0.6) is 0 Å². The van der Waals surface area contributed by atoms with Crippen molar-refractivity contribution in [3.63, 3.8) is 0 Å². The molecule has 0 fully saturated rings. The Balaban J connectivity index is 5.29. The molecule has 31 heavy (non-hydrogen) atoms. The normalized spacial score (nSPS) is 13.2. The topological polar surface area (TPSA) is 280 Å². The summed E-state index contributed by atoms with van der Waals surface area (Å²) in [6.45, 7) is -0.752. The van der Waals surface area contributed by atoms with Crippen LogP contribution in [0.25, 0.3) is 0 Å². The average Bonchev–Trinajstić information content (AvgIpc) is 2.65. The lowest BCUT2D eigenvalue weighted by atomic mass is 10.1. The van der Waals surface area contributed by atoms with Crippen molar-refractivity contribution < 1.29 is 38.7 Å². The fourth-order valence-electron chi connectivity index (χ4n) is 2.23. The Bertz CT molecular complexity index is 727. The maximum Gasteiger partial charge on any atom is 0.322 e. The molecule has 0 aliphatic carbocycles. The molecule has 0 bridgehead atoms. The van der Waals surface area contributed by atoms with E-state index in [1.54, 1.807) is 0 Å². The van der Waals surface area contributed by atoms with Crippen LogP contribution in [0.1, 0.15) is 32.1 Å². The second kappa shape index (κ2) is 13.5. The highest BCUT2D eigenvalue weighted by Crippen LogP contribution is 2.02. The third-order valence-corrected chi connectivity index (χ3v) is 3.80. The van der Waals surface area contributed by atoms with E-state index in [1.165, 1.54) is 0 Å². The summed E-state index contributed by atoms with van der Waals surface area (Å²) in [5, 5.41) is 15.1. The van der Waals surface area contributed by atoms with Gasteiger partial charge in [-0.25, -0.2) is 0 Å². The van der Waals surface area contributed by atoms with Crippen molar-refractivity contribution in [2.45, 2.75) is 50.2 Å². The molecule has 0 radical (unpaired) electrons. The van der Waals surface area contributed by atoms with E-state index >= 15 is 0 Å². The number of carbonyl (C=O) groups excluding carboxylic acids is 6. The molecule has 0 aromatic heterocycles. The summed E-state index contributed by atoms with van der Waals surface area (Å²) < 4.78 is 0. The molecule has 6 amide bonds. The Kier molecular flexibility index (Phi) is 11.8. The van der Waals surface area contributed by atoms with Gasteiger partial charge in [0, 0.05) is 12.8 Å². The summed E-state index contributed by atoms with van der Waals surface area (Å²) in [4.78, 5) is 80.5. The Labute approximate surface area is 176 Å². The van der Waals surface area contributed by atoms with Gasteiger partial charge in [-0.1, -0.05) is 0 Å². The molecule has 15 heteroatoms. The largest absolute Gasteiger partial charge is 0.480 e. The van der Waals surface area contributed by atoms with Gasteiger partial charge in [0.15, 0.2) is 0 Å². The van der Waals surface area contributed by atoms with Crippen LogP contribution < -0.4 is 38.9 Å². The lowest BCUT2D eigenvalue weighted by Crippen LogP contribution is -2.57. The first-order chi connectivity index (χ1) is 14.3. The van der Waals surface area contributed by atoms with Gasteiger partial charge in [-0.3, -0.25) is 33.6 Å². The summed E-state index contributed by atoms with van der Waals surface area (Å²) in [5.74, 6) is -6.63. The molecule has 0 saturated carbocycles. The number of primary amides is 3. The fraction of sp³-hybridized carbons (Fsp3) is 0.562. The molecule has 174 valence electrons. The zero-order valence-corrected chi connectivity index (χ0v) is 16.6. The Morgan fingerprint density at radius 1 is 0.710 bits per heavy atom. The molecule has 15 nitrogen and oxygen atoms in total. The van der Waals surface area contributed by atoms with Crippen molar-refractivity contribution >= 4 is 41.4 Å². The van der Waals surface area contributed by atoms with Crippen LogP contribution in [0.15, 0.2) is 0 Å². The first kappa shape index (κ1) is 27.2. The summed E-state index contributed by atoms with van der Waals surface area (Å²) in [7, 11) is 0. The number of hydrogen-bond donors (Lipinski definition) is 8. The van der Waals surface area contributed by atoms with Gasteiger partial charge in [0.25, 0.3) is 0 Å². The van der Waals surface area contributed by atoms with Gasteiger partial charge in [0.2, 0.25) is 35.4 Å². The zero-order chi connectivity index (χ0) is 24.1. The predicted molar refractivity (Wildman–Crippen MR) is 103 cm³/mol. The van der Waals surface area contributed by atoms with Crippen LogP contribution in [0.2, 0.25) is 0 Å². The Morgan fingerprint density at radius 2 is 1.23 bits per heavy atom. The highest BCUT2D eigenvalue weighted by atomic mass is 16.4. The quantitative estimate of drug-likeness (QED) is 0.119. The van der Waals surface area contributed by atoms with E-state index in [9.17, 15) is 33.6 Å². The first-order valence-corrected chi connectivity index (χ1v) is 9.04. The van der Waals surface area contributed by atoms with Crippen molar-refractivity contribution in [2.24, 2.45) is 22.9 Å². The number of hydrogen-bond acceptors (Lipinski definition) is 8. The lowest BCUT2D eigenvalue weighted by molar-refractivity contribution is -0.139. The Morgan fingerprint density at radius 3 is 1.71 bits per heavy atom. The van der Waals surface area contributed by atoms with Gasteiger partial charge < -0.3 is 44.0 Å². The van der Waals surface area contributed by atoms with Crippen LogP contribution >= 0.6 is 0 Å². The van der Waals surface area contributed by atoms with Gasteiger partial charge in [-0.05, 0) is 12.8 Å². The summed E-state index contributed by atoms with van der Waals surface area (Å²) in [5.41, 5.74) is 20.7. The van der Waals surface area contributed by atoms with Crippen molar-refractivity contribution in [2.75, 3.05) is 6.54 Å². The van der Waals surface area contributed by atoms with Gasteiger partial charge in [-0.2, -0.15) is 0 Å². The van der Waals surface area contributed by atoms with Crippen molar-refractivity contribution in [1.29, 1.82) is 0 Å². The number of amides is 6. The number of carboxylic acid groups (broad SMARTS) is 1. The molecule has 3 unspecified atom stereocenters. The summed E-state index contributed by atoms with van der Waals surface area (Å²) in [6, 6.07) is -4.15. The van der Waals surface area contributed by atoms with E-state index in [2.05, 4.69) is 10.6 Å². The second-order valence-corrected chi connectivity index (χ2v) is 6.52. The number of nitrogens with two attached hydrogens (primary N) is 4. The van der Waals surface area contributed by atoms with E-state index < -0.39 is 72.5 Å². The van der Waals surface area contributed by atoms with E-state index in [0.717, 1.165) is 0 Å². The number of rotatable bonds is 15. The molecular weight excluding hydrogens is 418 g/mol. The van der Waals surface area contributed by atoms with Crippen LogP contribution in [-0.4, -0.2) is 71.2 Å². The van der Waals surface area contributed by atoms with Crippen molar-refractivity contribution in [3.05, 3.63) is 0 Å². The van der Waals surface area contributed by atoms with E-state index in [0.29, 0.717) is 0 Å².